The van der Waals surface area contributed by atoms with Gasteiger partial charge in [-0.2, -0.15) is 0 Å². The summed E-state index contributed by atoms with van der Waals surface area (Å²) in [6, 6.07) is 0.506. The number of nitrogens with one attached hydrogen (secondary N) is 1. The summed E-state index contributed by atoms with van der Waals surface area (Å²) in [5.74, 6) is 0.612. The van der Waals surface area contributed by atoms with Crippen LogP contribution in [0.15, 0.2) is 0 Å². The molecule has 17 heavy (non-hydrogen) atoms. The van der Waals surface area contributed by atoms with E-state index in [1.165, 1.54) is 38.5 Å². The third kappa shape index (κ3) is 3.44. The highest BCUT2D eigenvalue weighted by Gasteiger charge is 2.28. The zero-order chi connectivity index (χ0) is 12.1. The van der Waals surface area contributed by atoms with Gasteiger partial charge < -0.3 is 10.2 Å². The molecule has 2 rings (SSSR count). The van der Waals surface area contributed by atoms with E-state index in [2.05, 4.69) is 10.2 Å². The van der Waals surface area contributed by atoms with E-state index < -0.39 is 0 Å². The molecule has 0 aromatic heterocycles. The van der Waals surface area contributed by atoms with E-state index in [4.69, 9.17) is 0 Å². The van der Waals surface area contributed by atoms with Crippen LogP contribution in [0.1, 0.15) is 51.4 Å². The van der Waals surface area contributed by atoms with Crippen LogP contribution in [-0.2, 0) is 4.79 Å². The molecular formula is C14H26N2O. The van der Waals surface area contributed by atoms with E-state index in [-0.39, 0.29) is 5.92 Å². The number of hydrogen-bond donors (Lipinski definition) is 1. The number of rotatable bonds is 2. The lowest BCUT2D eigenvalue weighted by Gasteiger charge is -2.32. The van der Waals surface area contributed by atoms with E-state index >= 15 is 0 Å². The van der Waals surface area contributed by atoms with Crippen LogP contribution < -0.4 is 5.32 Å². The Balaban J connectivity index is 1.88. The molecule has 2 fully saturated rings. The third-order valence-corrected chi connectivity index (χ3v) is 4.37. The molecule has 0 aromatic rings. The lowest BCUT2D eigenvalue weighted by molar-refractivity contribution is -0.137. The van der Waals surface area contributed by atoms with Crippen LogP contribution in [0.3, 0.4) is 0 Å². The zero-order valence-electron chi connectivity index (χ0n) is 11.1. The maximum Gasteiger partial charge on any atom is 0.226 e. The molecule has 0 radical (unpaired) electrons. The van der Waals surface area contributed by atoms with Crippen LogP contribution in [0.25, 0.3) is 0 Å². The summed E-state index contributed by atoms with van der Waals surface area (Å²) in [7, 11) is 2.02. The third-order valence-electron chi connectivity index (χ3n) is 4.37. The normalized spacial score (nSPS) is 27.5. The van der Waals surface area contributed by atoms with Gasteiger partial charge in [0.2, 0.25) is 5.91 Å². The largest absolute Gasteiger partial charge is 0.342 e. The standard InChI is InChI=1S/C14H26N2O/c1-16(13-8-4-2-3-5-9-13)14(17)12-7-6-10-15-11-12/h12-13,15H,2-11H2,1H3/t12-/m0/s1. The van der Waals surface area contributed by atoms with Crippen molar-refractivity contribution in [3.05, 3.63) is 0 Å². The Morgan fingerprint density at radius 1 is 1.06 bits per heavy atom. The Labute approximate surface area is 105 Å². The van der Waals surface area contributed by atoms with Crippen LogP contribution in [0, 0.1) is 5.92 Å². The number of carbonyl (C=O) groups excluding carboxylic acids is 1. The number of amides is 1. The first kappa shape index (κ1) is 12.9. The zero-order valence-corrected chi connectivity index (χ0v) is 11.1. The van der Waals surface area contributed by atoms with Crippen molar-refractivity contribution in [1.29, 1.82) is 0 Å². The fourth-order valence-corrected chi connectivity index (χ4v) is 3.18. The first-order chi connectivity index (χ1) is 8.29. The summed E-state index contributed by atoms with van der Waals surface area (Å²) in [4.78, 5) is 14.5. The van der Waals surface area contributed by atoms with Crippen molar-refractivity contribution >= 4 is 5.91 Å². The molecule has 1 heterocycles. The predicted octanol–water partition coefficient (Wildman–Crippen LogP) is 2.17. The van der Waals surface area contributed by atoms with Crippen molar-refractivity contribution in [3.8, 4) is 0 Å². The van der Waals surface area contributed by atoms with Gasteiger partial charge in [0.25, 0.3) is 0 Å². The van der Waals surface area contributed by atoms with Gasteiger partial charge in [-0.15, -0.1) is 0 Å². The van der Waals surface area contributed by atoms with Crippen molar-refractivity contribution in [3.63, 3.8) is 0 Å². The summed E-state index contributed by atoms with van der Waals surface area (Å²) in [5, 5.41) is 3.34. The highest BCUT2D eigenvalue weighted by molar-refractivity contribution is 5.79. The van der Waals surface area contributed by atoms with Crippen molar-refractivity contribution in [2.45, 2.75) is 57.4 Å². The summed E-state index contributed by atoms with van der Waals surface area (Å²) in [6.07, 6.45) is 9.94. The van der Waals surface area contributed by atoms with Gasteiger partial charge in [-0.3, -0.25) is 4.79 Å². The van der Waals surface area contributed by atoms with E-state index in [0.717, 1.165) is 25.9 Å². The average molecular weight is 238 g/mol. The second-order valence-electron chi connectivity index (χ2n) is 5.64. The van der Waals surface area contributed by atoms with Gasteiger partial charge >= 0.3 is 0 Å². The van der Waals surface area contributed by atoms with Crippen LogP contribution >= 0.6 is 0 Å². The summed E-state index contributed by atoms with van der Waals surface area (Å²) in [6.45, 7) is 1.97. The molecule has 1 saturated heterocycles. The minimum absolute atomic E-state index is 0.233. The average Bonchev–Trinajstić information content (AvgIpc) is 2.67. The van der Waals surface area contributed by atoms with Crippen molar-refractivity contribution in [1.82, 2.24) is 10.2 Å². The topological polar surface area (TPSA) is 32.3 Å². The second kappa shape index (κ2) is 6.39. The van der Waals surface area contributed by atoms with E-state index in [0.29, 0.717) is 11.9 Å². The highest BCUT2D eigenvalue weighted by atomic mass is 16.2. The number of nitrogens with zero attached hydrogens (tertiary/aromatic N) is 1. The van der Waals surface area contributed by atoms with Crippen LogP contribution in [-0.4, -0.2) is 37.0 Å². The SMILES string of the molecule is CN(C(=O)[C@H]1CCCNC1)C1CCCCCC1. The number of carbonyl (C=O) groups is 1. The molecule has 0 bridgehead atoms. The maximum absolute atomic E-state index is 12.4. The first-order valence-electron chi connectivity index (χ1n) is 7.26. The molecule has 0 spiro atoms. The maximum atomic E-state index is 12.4. The predicted molar refractivity (Wildman–Crippen MR) is 69.9 cm³/mol. The minimum Gasteiger partial charge on any atom is -0.342 e. The second-order valence-corrected chi connectivity index (χ2v) is 5.64. The van der Waals surface area contributed by atoms with Gasteiger partial charge in [0.05, 0.1) is 5.92 Å². The van der Waals surface area contributed by atoms with Crippen LogP contribution in [0.5, 0.6) is 0 Å². The van der Waals surface area contributed by atoms with Gasteiger partial charge in [0.15, 0.2) is 0 Å². The molecule has 1 N–H and O–H groups in total. The molecule has 0 aromatic carbocycles. The molecule has 3 nitrogen and oxygen atoms in total. The first-order valence-corrected chi connectivity index (χ1v) is 7.26. The van der Waals surface area contributed by atoms with Crippen molar-refractivity contribution in [2.24, 2.45) is 5.92 Å². The molecule has 1 saturated carbocycles. The summed E-state index contributed by atoms with van der Waals surface area (Å²) >= 11 is 0. The quantitative estimate of drug-likeness (QED) is 0.748. The van der Waals surface area contributed by atoms with Gasteiger partial charge in [-0.25, -0.2) is 0 Å². The van der Waals surface area contributed by atoms with Crippen LogP contribution in [0.4, 0.5) is 0 Å². The van der Waals surface area contributed by atoms with Gasteiger partial charge in [0.1, 0.15) is 0 Å². The molecule has 1 amide bonds. The summed E-state index contributed by atoms with van der Waals surface area (Å²) in [5.41, 5.74) is 0. The Morgan fingerprint density at radius 3 is 2.35 bits per heavy atom. The fourth-order valence-electron chi connectivity index (χ4n) is 3.18. The van der Waals surface area contributed by atoms with E-state index in [1.54, 1.807) is 0 Å². The molecule has 1 atom stereocenters. The Morgan fingerprint density at radius 2 is 1.76 bits per heavy atom. The molecule has 2 aliphatic rings. The molecule has 1 aliphatic heterocycles. The lowest BCUT2D eigenvalue weighted by Crippen LogP contribution is -2.45. The van der Waals surface area contributed by atoms with Gasteiger partial charge in [0, 0.05) is 19.6 Å². The smallest absolute Gasteiger partial charge is 0.226 e. The molecule has 0 unspecified atom stereocenters. The fraction of sp³-hybridized carbons (Fsp3) is 0.929. The minimum atomic E-state index is 0.233. The van der Waals surface area contributed by atoms with Gasteiger partial charge in [-0.1, -0.05) is 25.7 Å². The molecule has 3 heteroatoms. The van der Waals surface area contributed by atoms with Crippen molar-refractivity contribution < 1.29 is 4.79 Å². The van der Waals surface area contributed by atoms with E-state index in [1.807, 2.05) is 7.05 Å². The molecular weight excluding hydrogens is 212 g/mol. The molecule has 98 valence electrons. The summed E-state index contributed by atoms with van der Waals surface area (Å²) < 4.78 is 0. The Hall–Kier alpha value is -0.570. The highest BCUT2D eigenvalue weighted by Crippen LogP contribution is 2.23. The Kier molecular flexibility index (Phi) is 4.84. The lowest BCUT2D eigenvalue weighted by atomic mass is 9.96. The monoisotopic (exact) mass is 238 g/mol. The van der Waals surface area contributed by atoms with Crippen LogP contribution in [0.2, 0.25) is 0 Å². The number of hydrogen-bond acceptors (Lipinski definition) is 2. The van der Waals surface area contributed by atoms with E-state index in [9.17, 15) is 4.79 Å². The number of piperidine rings is 1. The Bertz CT molecular complexity index is 241. The van der Waals surface area contributed by atoms with Crippen molar-refractivity contribution in [2.75, 3.05) is 20.1 Å². The molecule has 1 aliphatic carbocycles. The van der Waals surface area contributed by atoms with Gasteiger partial charge in [-0.05, 0) is 32.2 Å².